The van der Waals surface area contributed by atoms with Crippen LogP contribution in [0.5, 0.6) is 0 Å². The smallest absolute Gasteiger partial charge is 0.272 e. The molecule has 0 saturated carbocycles. The molecule has 0 spiro atoms. The lowest BCUT2D eigenvalue weighted by molar-refractivity contribution is -0.121. The average molecular weight is 315 g/mol. The highest BCUT2D eigenvalue weighted by Gasteiger charge is 2.12. The average Bonchev–Trinajstić information content (AvgIpc) is 2.46. The van der Waals surface area contributed by atoms with E-state index in [0.29, 0.717) is 23.7 Å². The molecule has 5 nitrogen and oxygen atoms in total. The number of rotatable bonds is 5. The predicted octanol–water partition coefficient (Wildman–Crippen LogP) is 2.48. The first-order valence-electron chi connectivity index (χ1n) is 8.04. The molecule has 0 aliphatic rings. The number of carbonyl (C=O) groups excluding carboxylic acids is 1. The van der Waals surface area contributed by atoms with Gasteiger partial charge in [-0.1, -0.05) is 13.8 Å². The number of benzene rings is 1. The molecule has 0 radical (unpaired) electrons. The number of aromatic nitrogens is 2. The van der Waals surface area contributed by atoms with Crippen LogP contribution >= 0.6 is 0 Å². The fraction of sp³-hybridized carbons (Fsp3) is 0.500. The largest absolute Gasteiger partial charge is 0.355 e. The van der Waals surface area contributed by atoms with Gasteiger partial charge in [-0.2, -0.15) is 0 Å². The fourth-order valence-electron chi connectivity index (χ4n) is 2.48. The molecule has 1 aromatic heterocycles. The number of hydrogen-bond acceptors (Lipinski definition) is 3. The third-order valence-corrected chi connectivity index (χ3v) is 4.07. The van der Waals surface area contributed by atoms with Crippen molar-refractivity contribution in [1.29, 1.82) is 0 Å². The summed E-state index contributed by atoms with van der Waals surface area (Å²) in [5.74, 6) is 0.394. The van der Waals surface area contributed by atoms with Crippen LogP contribution in [-0.4, -0.2) is 22.0 Å². The predicted molar refractivity (Wildman–Crippen MR) is 92.7 cm³/mol. The summed E-state index contributed by atoms with van der Waals surface area (Å²) in [6, 6.07) is 3.89. The lowest BCUT2D eigenvalue weighted by atomic mass is 10.1. The van der Waals surface area contributed by atoms with E-state index in [1.807, 2.05) is 26.0 Å². The van der Waals surface area contributed by atoms with Gasteiger partial charge in [-0.05, 0) is 56.4 Å². The molecule has 1 aromatic carbocycles. The summed E-state index contributed by atoms with van der Waals surface area (Å²) in [5, 5.41) is 2.88. The molecule has 2 rings (SSSR count). The highest BCUT2D eigenvalue weighted by atomic mass is 16.2. The van der Waals surface area contributed by atoms with Crippen molar-refractivity contribution in [3.63, 3.8) is 0 Å². The van der Waals surface area contributed by atoms with Crippen molar-refractivity contribution >= 4 is 16.9 Å². The molecule has 5 heteroatoms. The van der Waals surface area contributed by atoms with Crippen molar-refractivity contribution in [3.8, 4) is 0 Å². The third-order valence-electron chi connectivity index (χ3n) is 4.07. The van der Waals surface area contributed by atoms with Gasteiger partial charge in [0, 0.05) is 6.54 Å². The van der Waals surface area contributed by atoms with Crippen LogP contribution in [0.3, 0.4) is 0 Å². The zero-order valence-electron chi connectivity index (χ0n) is 14.6. The molecule has 124 valence electrons. The number of carbonyl (C=O) groups is 1. The number of nitrogens with zero attached hydrogens (tertiary/aromatic N) is 2. The van der Waals surface area contributed by atoms with Crippen molar-refractivity contribution in [2.24, 2.45) is 5.92 Å². The molecule has 1 heterocycles. The second-order valence-corrected chi connectivity index (χ2v) is 6.55. The van der Waals surface area contributed by atoms with E-state index in [1.54, 1.807) is 6.92 Å². The number of hydrogen-bond donors (Lipinski definition) is 1. The van der Waals surface area contributed by atoms with Crippen LogP contribution in [0.4, 0.5) is 0 Å². The fourth-order valence-corrected chi connectivity index (χ4v) is 2.48. The SMILES string of the molecule is Cc1cc2nc(C)c(=O)n(CC(=O)NCCC(C)C)c2cc1C. The first kappa shape index (κ1) is 17.2. The maximum absolute atomic E-state index is 12.4. The van der Waals surface area contributed by atoms with Gasteiger partial charge in [0.15, 0.2) is 0 Å². The lowest BCUT2D eigenvalue weighted by Gasteiger charge is -2.13. The van der Waals surface area contributed by atoms with E-state index in [4.69, 9.17) is 0 Å². The highest BCUT2D eigenvalue weighted by molar-refractivity contribution is 5.81. The van der Waals surface area contributed by atoms with Crippen LogP contribution < -0.4 is 10.9 Å². The van der Waals surface area contributed by atoms with Gasteiger partial charge < -0.3 is 5.32 Å². The molecule has 0 unspecified atom stereocenters. The van der Waals surface area contributed by atoms with Crippen LogP contribution in [0.1, 0.15) is 37.1 Å². The molecule has 0 aliphatic heterocycles. The standard InChI is InChI=1S/C18H25N3O2/c1-11(2)6-7-19-17(22)10-21-16-9-13(4)12(3)8-15(16)20-14(5)18(21)23/h8-9,11H,6-7,10H2,1-5H3,(H,19,22). The molecule has 0 fully saturated rings. The Morgan fingerprint density at radius 3 is 2.52 bits per heavy atom. The van der Waals surface area contributed by atoms with Crippen molar-refractivity contribution in [3.05, 3.63) is 39.3 Å². The molecule has 1 N–H and O–H groups in total. The normalized spacial score (nSPS) is 11.2. The summed E-state index contributed by atoms with van der Waals surface area (Å²) in [5.41, 5.74) is 3.87. The molecule has 2 aromatic rings. The Morgan fingerprint density at radius 2 is 1.87 bits per heavy atom. The second-order valence-electron chi connectivity index (χ2n) is 6.55. The molecule has 0 bridgehead atoms. The van der Waals surface area contributed by atoms with Crippen LogP contribution in [0, 0.1) is 26.7 Å². The van der Waals surface area contributed by atoms with E-state index in [1.165, 1.54) is 4.57 Å². The number of amides is 1. The summed E-state index contributed by atoms with van der Waals surface area (Å²) in [4.78, 5) is 28.9. The van der Waals surface area contributed by atoms with Crippen LogP contribution in [-0.2, 0) is 11.3 Å². The van der Waals surface area contributed by atoms with E-state index in [2.05, 4.69) is 24.1 Å². The first-order chi connectivity index (χ1) is 10.8. The van der Waals surface area contributed by atoms with Crippen molar-refractivity contribution in [2.45, 2.75) is 47.6 Å². The summed E-state index contributed by atoms with van der Waals surface area (Å²) < 4.78 is 1.52. The molecule has 23 heavy (non-hydrogen) atoms. The van der Waals surface area contributed by atoms with Crippen LogP contribution in [0.2, 0.25) is 0 Å². The maximum atomic E-state index is 12.4. The van der Waals surface area contributed by atoms with Crippen LogP contribution in [0.15, 0.2) is 16.9 Å². The highest BCUT2D eigenvalue weighted by Crippen LogP contribution is 2.17. The van der Waals surface area contributed by atoms with Gasteiger partial charge in [-0.15, -0.1) is 0 Å². The Labute approximate surface area is 136 Å². The quantitative estimate of drug-likeness (QED) is 0.922. The molecule has 0 aliphatic carbocycles. The third kappa shape index (κ3) is 3.97. The van der Waals surface area contributed by atoms with Crippen molar-refractivity contribution < 1.29 is 4.79 Å². The Kier molecular flexibility index (Phi) is 5.19. The molecular weight excluding hydrogens is 290 g/mol. The Bertz CT molecular complexity index is 791. The van der Waals surface area contributed by atoms with Gasteiger partial charge in [-0.3, -0.25) is 14.2 Å². The summed E-state index contributed by atoms with van der Waals surface area (Å²) >= 11 is 0. The van der Waals surface area contributed by atoms with Crippen LogP contribution in [0.25, 0.3) is 11.0 Å². The van der Waals surface area contributed by atoms with Gasteiger partial charge in [0.25, 0.3) is 5.56 Å². The van der Waals surface area contributed by atoms with Gasteiger partial charge in [0.1, 0.15) is 12.2 Å². The Morgan fingerprint density at radius 1 is 1.22 bits per heavy atom. The molecule has 0 atom stereocenters. The Balaban J connectivity index is 2.35. The van der Waals surface area contributed by atoms with Crippen molar-refractivity contribution in [2.75, 3.05) is 6.54 Å². The molecule has 0 saturated heterocycles. The van der Waals surface area contributed by atoms with Gasteiger partial charge in [0.05, 0.1) is 11.0 Å². The molecule has 1 amide bonds. The molecular formula is C18H25N3O2. The minimum absolute atomic E-state index is 0.0271. The topological polar surface area (TPSA) is 64.0 Å². The number of fused-ring (bicyclic) bond motifs is 1. The van der Waals surface area contributed by atoms with E-state index in [9.17, 15) is 9.59 Å². The first-order valence-corrected chi connectivity index (χ1v) is 8.04. The van der Waals surface area contributed by atoms with Gasteiger partial charge in [-0.25, -0.2) is 4.98 Å². The zero-order valence-corrected chi connectivity index (χ0v) is 14.6. The maximum Gasteiger partial charge on any atom is 0.272 e. The van der Waals surface area contributed by atoms with Gasteiger partial charge in [0.2, 0.25) is 5.91 Å². The number of nitrogens with one attached hydrogen (secondary N) is 1. The number of aryl methyl sites for hydroxylation is 3. The van der Waals surface area contributed by atoms with E-state index in [-0.39, 0.29) is 18.0 Å². The monoisotopic (exact) mass is 315 g/mol. The lowest BCUT2D eigenvalue weighted by Crippen LogP contribution is -2.34. The summed E-state index contributed by atoms with van der Waals surface area (Å²) in [6.45, 7) is 10.6. The van der Waals surface area contributed by atoms with Gasteiger partial charge >= 0.3 is 0 Å². The van der Waals surface area contributed by atoms with E-state index >= 15 is 0 Å². The summed E-state index contributed by atoms with van der Waals surface area (Å²) in [7, 11) is 0. The Hall–Kier alpha value is -2.17. The minimum Gasteiger partial charge on any atom is -0.355 e. The zero-order chi connectivity index (χ0) is 17.1. The second kappa shape index (κ2) is 6.94. The minimum atomic E-state index is -0.209. The van der Waals surface area contributed by atoms with Crippen molar-refractivity contribution in [1.82, 2.24) is 14.9 Å². The van der Waals surface area contributed by atoms with E-state index in [0.717, 1.165) is 23.1 Å². The summed E-state index contributed by atoms with van der Waals surface area (Å²) in [6.07, 6.45) is 0.926. The van der Waals surface area contributed by atoms with E-state index < -0.39 is 0 Å².